The molecule has 0 amide bonds. The second kappa shape index (κ2) is 3.67. The van der Waals surface area contributed by atoms with E-state index in [4.69, 9.17) is 10.8 Å². The van der Waals surface area contributed by atoms with E-state index < -0.39 is 12.0 Å². The number of carboxylic acids is 1. The summed E-state index contributed by atoms with van der Waals surface area (Å²) in [6.45, 7) is 0. The molecule has 1 aromatic carbocycles. The smallest absolute Gasteiger partial charge is 0.326 e. The minimum absolute atomic E-state index is 0.403. The van der Waals surface area contributed by atoms with Gasteiger partial charge in [0.15, 0.2) is 0 Å². The van der Waals surface area contributed by atoms with Gasteiger partial charge in [-0.1, -0.05) is 24.3 Å². The minimum Gasteiger partial charge on any atom is -0.480 e. The molecule has 1 heterocycles. The Morgan fingerprint density at radius 2 is 2.07 bits per heavy atom. The van der Waals surface area contributed by atoms with E-state index in [1.54, 1.807) is 6.20 Å². The molecule has 0 saturated carbocycles. The van der Waals surface area contributed by atoms with Crippen molar-refractivity contribution in [2.24, 2.45) is 5.73 Å². The monoisotopic (exact) mass is 202 g/mol. The van der Waals surface area contributed by atoms with E-state index in [2.05, 4.69) is 4.98 Å². The molecule has 0 aliphatic heterocycles. The first kappa shape index (κ1) is 9.61. The van der Waals surface area contributed by atoms with E-state index in [0.717, 1.165) is 10.8 Å². The third-order valence-electron chi connectivity index (χ3n) is 2.27. The highest BCUT2D eigenvalue weighted by Crippen LogP contribution is 2.20. The molecular formula is C11H10N2O2. The molecule has 0 spiro atoms. The van der Waals surface area contributed by atoms with Crippen LogP contribution < -0.4 is 5.73 Å². The molecule has 76 valence electrons. The molecule has 3 N–H and O–H groups in total. The molecule has 2 rings (SSSR count). The lowest BCUT2D eigenvalue weighted by Crippen LogP contribution is -2.22. The number of fused-ring (bicyclic) bond motifs is 1. The minimum atomic E-state index is -1.07. The summed E-state index contributed by atoms with van der Waals surface area (Å²) in [5.41, 5.74) is 5.95. The van der Waals surface area contributed by atoms with Gasteiger partial charge in [-0.2, -0.15) is 0 Å². The first-order chi connectivity index (χ1) is 7.20. The third kappa shape index (κ3) is 1.67. The van der Waals surface area contributed by atoms with Crippen molar-refractivity contribution in [2.75, 3.05) is 0 Å². The Morgan fingerprint density at radius 3 is 2.80 bits per heavy atom. The van der Waals surface area contributed by atoms with Crippen molar-refractivity contribution >= 4 is 16.7 Å². The predicted molar refractivity (Wildman–Crippen MR) is 56.3 cm³/mol. The quantitative estimate of drug-likeness (QED) is 0.770. The zero-order valence-electron chi connectivity index (χ0n) is 7.92. The summed E-state index contributed by atoms with van der Waals surface area (Å²) < 4.78 is 0. The Bertz CT molecular complexity index is 505. The number of benzene rings is 1. The summed E-state index contributed by atoms with van der Waals surface area (Å²) in [5, 5.41) is 10.6. The van der Waals surface area contributed by atoms with Crippen LogP contribution in [0.3, 0.4) is 0 Å². The van der Waals surface area contributed by atoms with E-state index in [1.807, 2.05) is 30.3 Å². The second-order valence-corrected chi connectivity index (χ2v) is 3.23. The van der Waals surface area contributed by atoms with Gasteiger partial charge in [-0.15, -0.1) is 0 Å². The number of hydrogen-bond acceptors (Lipinski definition) is 3. The standard InChI is InChI=1S/C11H10N2O2/c12-9(11(14)15)10-8-4-2-1-3-7(8)5-6-13-10/h1-6,9H,12H2,(H,14,15). The summed E-state index contributed by atoms with van der Waals surface area (Å²) in [5.74, 6) is -1.07. The van der Waals surface area contributed by atoms with Crippen molar-refractivity contribution < 1.29 is 9.90 Å². The zero-order valence-corrected chi connectivity index (χ0v) is 7.92. The zero-order chi connectivity index (χ0) is 10.8. The van der Waals surface area contributed by atoms with Crippen molar-refractivity contribution in [1.82, 2.24) is 4.98 Å². The average molecular weight is 202 g/mol. The molecule has 0 aliphatic rings. The Morgan fingerprint density at radius 1 is 1.33 bits per heavy atom. The number of rotatable bonds is 2. The molecule has 0 radical (unpaired) electrons. The van der Waals surface area contributed by atoms with Gasteiger partial charge in [-0.05, 0) is 11.5 Å². The first-order valence-electron chi connectivity index (χ1n) is 4.52. The summed E-state index contributed by atoms with van der Waals surface area (Å²) in [6, 6.07) is 8.19. The molecule has 15 heavy (non-hydrogen) atoms. The molecule has 1 aromatic heterocycles. The van der Waals surface area contributed by atoms with Gasteiger partial charge < -0.3 is 10.8 Å². The highest BCUT2D eigenvalue weighted by Gasteiger charge is 2.17. The van der Waals surface area contributed by atoms with Crippen LogP contribution >= 0.6 is 0 Å². The maximum Gasteiger partial charge on any atom is 0.326 e. The van der Waals surface area contributed by atoms with Gasteiger partial charge in [0.25, 0.3) is 0 Å². The topological polar surface area (TPSA) is 76.2 Å². The lowest BCUT2D eigenvalue weighted by molar-refractivity contribution is -0.138. The molecule has 0 bridgehead atoms. The van der Waals surface area contributed by atoms with Crippen LogP contribution in [0.2, 0.25) is 0 Å². The van der Waals surface area contributed by atoms with Crippen LogP contribution in [0.5, 0.6) is 0 Å². The molecule has 4 nitrogen and oxygen atoms in total. The number of carboxylic acid groups (broad SMARTS) is 1. The van der Waals surface area contributed by atoms with E-state index in [0.29, 0.717) is 5.69 Å². The highest BCUT2D eigenvalue weighted by atomic mass is 16.4. The third-order valence-corrected chi connectivity index (χ3v) is 2.27. The van der Waals surface area contributed by atoms with Crippen molar-refractivity contribution in [3.63, 3.8) is 0 Å². The van der Waals surface area contributed by atoms with E-state index >= 15 is 0 Å². The summed E-state index contributed by atoms with van der Waals surface area (Å²) in [6.07, 6.45) is 1.57. The molecular weight excluding hydrogens is 192 g/mol. The lowest BCUT2D eigenvalue weighted by Gasteiger charge is -2.08. The number of nitrogens with zero attached hydrogens (tertiary/aromatic N) is 1. The number of hydrogen-bond donors (Lipinski definition) is 2. The summed E-state index contributed by atoms with van der Waals surface area (Å²) in [4.78, 5) is 14.8. The SMILES string of the molecule is NC(C(=O)O)c1nccc2ccccc12. The number of pyridine rings is 1. The second-order valence-electron chi connectivity index (χ2n) is 3.23. The van der Waals surface area contributed by atoms with Gasteiger partial charge in [-0.25, -0.2) is 0 Å². The van der Waals surface area contributed by atoms with Crippen molar-refractivity contribution in [3.8, 4) is 0 Å². The van der Waals surface area contributed by atoms with Crippen LogP contribution in [-0.2, 0) is 4.79 Å². The van der Waals surface area contributed by atoms with E-state index in [1.165, 1.54) is 0 Å². The predicted octanol–water partition coefficient (Wildman–Crippen LogP) is 1.32. The number of carbonyl (C=O) groups is 1. The first-order valence-corrected chi connectivity index (χ1v) is 4.52. The maximum absolute atomic E-state index is 10.8. The summed E-state index contributed by atoms with van der Waals surface area (Å²) >= 11 is 0. The average Bonchev–Trinajstić information content (AvgIpc) is 2.27. The fourth-order valence-corrected chi connectivity index (χ4v) is 1.51. The van der Waals surface area contributed by atoms with Gasteiger partial charge in [0.2, 0.25) is 0 Å². The van der Waals surface area contributed by atoms with Crippen LogP contribution in [0.25, 0.3) is 10.8 Å². The summed E-state index contributed by atoms with van der Waals surface area (Å²) in [7, 11) is 0. The highest BCUT2D eigenvalue weighted by molar-refractivity contribution is 5.88. The normalized spacial score (nSPS) is 12.6. The van der Waals surface area contributed by atoms with Crippen molar-refractivity contribution in [3.05, 3.63) is 42.2 Å². The number of nitrogens with two attached hydrogens (primary N) is 1. The van der Waals surface area contributed by atoms with Crippen molar-refractivity contribution in [1.29, 1.82) is 0 Å². The Labute approximate surface area is 86.4 Å². The molecule has 1 atom stereocenters. The maximum atomic E-state index is 10.8. The van der Waals surface area contributed by atoms with Gasteiger partial charge in [0, 0.05) is 11.6 Å². The van der Waals surface area contributed by atoms with E-state index in [9.17, 15) is 4.79 Å². The Kier molecular flexibility index (Phi) is 2.35. The molecule has 0 aliphatic carbocycles. The van der Waals surface area contributed by atoms with Crippen LogP contribution in [0.4, 0.5) is 0 Å². The lowest BCUT2D eigenvalue weighted by atomic mass is 10.1. The Balaban J connectivity index is 2.65. The molecule has 1 unspecified atom stereocenters. The fourth-order valence-electron chi connectivity index (χ4n) is 1.51. The number of aliphatic carboxylic acids is 1. The van der Waals surface area contributed by atoms with Gasteiger partial charge >= 0.3 is 5.97 Å². The largest absolute Gasteiger partial charge is 0.480 e. The van der Waals surface area contributed by atoms with Gasteiger partial charge in [-0.3, -0.25) is 9.78 Å². The molecule has 0 fully saturated rings. The van der Waals surface area contributed by atoms with Crippen LogP contribution in [0.15, 0.2) is 36.5 Å². The number of aromatic nitrogens is 1. The molecule has 0 saturated heterocycles. The fraction of sp³-hybridized carbons (Fsp3) is 0.0909. The van der Waals surface area contributed by atoms with Crippen LogP contribution in [-0.4, -0.2) is 16.1 Å². The van der Waals surface area contributed by atoms with Crippen molar-refractivity contribution in [2.45, 2.75) is 6.04 Å². The van der Waals surface area contributed by atoms with Crippen LogP contribution in [0, 0.1) is 0 Å². The molecule has 2 aromatic rings. The Hall–Kier alpha value is -1.94. The van der Waals surface area contributed by atoms with E-state index in [-0.39, 0.29) is 0 Å². The van der Waals surface area contributed by atoms with Crippen LogP contribution in [0.1, 0.15) is 11.7 Å². The van der Waals surface area contributed by atoms with Gasteiger partial charge in [0.1, 0.15) is 6.04 Å². The molecule has 4 heteroatoms. The van der Waals surface area contributed by atoms with Gasteiger partial charge in [0.05, 0.1) is 5.69 Å².